The van der Waals surface area contributed by atoms with Crippen molar-refractivity contribution in [3.63, 3.8) is 0 Å². The summed E-state index contributed by atoms with van der Waals surface area (Å²) in [6.45, 7) is 0. The Morgan fingerprint density at radius 2 is 2.00 bits per heavy atom. The van der Waals surface area contributed by atoms with Gasteiger partial charge in [0.15, 0.2) is 0 Å². The van der Waals surface area contributed by atoms with Crippen LogP contribution < -0.4 is 0 Å². The van der Waals surface area contributed by atoms with Gasteiger partial charge in [0.1, 0.15) is 0 Å². The number of nitrogens with zero attached hydrogens (tertiary/aromatic N) is 1. The first-order valence-corrected chi connectivity index (χ1v) is 4.60. The molecule has 2 nitrogen and oxygen atoms in total. The van der Waals surface area contributed by atoms with E-state index in [0.29, 0.717) is 6.10 Å². The van der Waals surface area contributed by atoms with Crippen molar-refractivity contribution >= 4 is 0 Å². The molecule has 0 saturated heterocycles. The summed E-state index contributed by atoms with van der Waals surface area (Å²) in [4.78, 5) is 5.68. The van der Waals surface area contributed by atoms with Crippen molar-refractivity contribution in [3.8, 4) is 0 Å². The fourth-order valence-electron chi connectivity index (χ4n) is 2.59. The van der Waals surface area contributed by atoms with Crippen LogP contribution >= 0.6 is 0 Å². The molecular formula is C9H17NO. The smallest absolute Gasteiger partial charge is 0.0823 e. The van der Waals surface area contributed by atoms with Gasteiger partial charge in [0.25, 0.3) is 0 Å². The molecule has 0 N–H and O–H groups in total. The maximum Gasteiger partial charge on any atom is 0.0823 e. The second-order valence-corrected chi connectivity index (χ2v) is 4.13. The monoisotopic (exact) mass is 155 g/mol. The third-order valence-corrected chi connectivity index (χ3v) is 3.02. The van der Waals surface area contributed by atoms with E-state index in [4.69, 9.17) is 4.84 Å². The van der Waals surface area contributed by atoms with Crippen LogP contribution in [-0.4, -0.2) is 25.3 Å². The van der Waals surface area contributed by atoms with Gasteiger partial charge in [-0.3, -0.25) is 4.84 Å². The van der Waals surface area contributed by atoms with Crippen LogP contribution in [0.3, 0.4) is 0 Å². The van der Waals surface area contributed by atoms with Gasteiger partial charge < -0.3 is 0 Å². The zero-order valence-corrected chi connectivity index (χ0v) is 7.42. The van der Waals surface area contributed by atoms with E-state index in [0.717, 1.165) is 11.8 Å². The average molecular weight is 155 g/mol. The van der Waals surface area contributed by atoms with Gasteiger partial charge in [0, 0.05) is 14.1 Å². The lowest BCUT2D eigenvalue weighted by atomic mass is 9.98. The first kappa shape index (κ1) is 7.56. The minimum atomic E-state index is 0.545. The van der Waals surface area contributed by atoms with E-state index >= 15 is 0 Å². The maximum absolute atomic E-state index is 5.68. The molecule has 3 unspecified atom stereocenters. The van der Waals surface area contributed by atoms with Crippen molar-refractivity contribution in [2.24, 2.45) is 11.8 Å². The first-order valence-electron chi connectivity index (χ1n) is 4.60. The van der Waals surface area contributed by atoms with E-state index in [1.54, 1.807) is 0 Å². The molecule has 0 heterocycles. The summed E-state index contributed by atoms with van der Waals surface area (Å²) in [6, 6.07) is 0. The standard InChI is InChI=1S/C9H17NO/c1-10(2)11-9-6-7-3-4-8(9)5-7/h7-9H,3-6H2,1-2H3. The lowest BCUT2D eigenvalue weighted by molar-refractivity contribution is -0.178. The van der Waals surface area contributed by atoms with E-state index in [1.807, 2.05) is 19.2 Å². The molecule has 2 rings (SSSR count). The van der Waals surface area contributed by atoms with Crippen molar-refractivity contribution in [1.29, 1.82) is 0 Å². The van der Waals surface area contributed by atoms with E-state index in [9.17, 15) is 0 Å². The molecular weight excluding hydrogens is 138 g/mol. The zero-order chi connectivity index (χ0) is 7.84. The highest BCUT2D eigenvalue weighted by Crippen LogP contribution is 2.45. The molecule has 11 heavy (non-hydrogen) atoms. The van der Waals surface area contributed by atoms with Gasteiger partial charge in [-0.05, 0) is 37.5 Å². The molecule has 0 aromatic carbocycles. The van der Waals surface area contributed by atoms with Gasteiger partial charge in [-0.2, -0.15) is 5.06 Å². The highest BCUT2D eigenvalue weighted by atomic mass is 16.7. The molecule has 0 aromatic heterocycles. The molecule has 2 bridgehead atoms. The molecule has 2 heteroatoms. The number of hydrogen-bond donors (Lipinski definition) is 0. The summed E-state index contributed by atoms with van der Waals surface area (Å²) in [5, 5.41) is 1.85. The topological polar surface area (TPSA) is 12.5 Å². The predicted octanol–water partition coefficient (Wildman–Crippen LogP) is 1.67. The molecule has 0 aliphatic heterocycles. The normalized spacial score (nSPS) is 42.3. The third kappa shape index (κ3) is 1.42. The van der Waals surface area contributed by atoms with Crippen molar-refractivity contribution in [3.05, 3.63) is 0 Å². The molecule has 0 amide bonds. The van der Waals surface area contributed by atoms with Crippen LogP contribution in [0.2, 0.25) is 0 Å². The number of fused-ring (bicyclic) bond motifs is 2. The zero-order valence-electron chi connectivity index (χ0n) is 7.42. The minimum Gasteiger partial charge on any atom is -0.296 e. The van der Waals surface area contributed by atoms with Crippen molar-refractivity contribution < 1.29 is 4.84 Å². The second kappa shape index (κ2) is 2.76. The Morgan fingerprint density at radius 3 is 2.45 bits per heavy atom. The Labute approximate surface area is 68.5 Å². The maximum atomic E-state index is 5.68. The molecule has 2 aliphatic carbocycles. The largest absolute Gasteiger partial charge is 0.296 e. The molecule has 2 fully saturated rings. The fraction of sp³-hybridized carbons (Fsp3) is 1.00. The van der Waals surface area contributed by atoms with Crippen molar-refractivity contribution in [2.75, 3.05) is 14.1 Å². The predicted molar refractivity (Wildman–Crippen MR) is 44.0 cm³/mol. The number of rotatable bonds is 2. The van der Waals surface area contributed by atoms with Crippen molar-refractivity contribution in [2.45, 2.75) is 31.8 Å². The SMILES string of the molecule is CN(C)OC1CC2CCC1C2. The third-order valence-electron chi connectivity index (χ3n) is 3.02. The Kier molecular flexibility index (Phi) is 1.90. The molecule has 3 atom stereocenters. The van der Waals surface area contributed by atoms with Crippen LogP contribution in [0.25, 0.3) is 0 Å². The van der Waals surface area contributed by atoms with Crippen LogP contribution in [0.15, 0.2) is 0 Å². The van der Waals surface area contributed by atoms with E-state index in [2.05, 4.69) is 0 Å². The van der Waals surface area contributed by atoms with Crippen molar-refractivity contribution in [1.82, 2.24) is 5.06 Å². The van der Waals surface area contributed by atoms with E-state index in [1.165, 1.54) is 25.7 Å². The Morgan fingerprint density at radius 1 is 1.18 bits per heavy atom. The molecule has 0 radical (unpaired) electrons. The summed E-state index contributed by atoms with van der Waals surface area (Å²) in [5.41, 5.74) is 0. The quantitative estimate of drug-likeness (QED) is 0.562. The van der Waals surface area contributed by atoms with Crippen LogP contribution in [0, 0.1) is 11.8 Å². The Balaban J connectivity index is 1.87. The van der Waals surface area contributed by atoms with E-state index in [-0.39, 0.29) is 0 Å². The van der Waals surface area contributed by atoms with E-state index < -0.39 is 0 Å². The minimum absolute atomic E-state index is 0.545. The van der Waals surface area contributed by atoms with Gasteiger partial charge in [-0.25, -0.2) is 0 Å². The second-order valence-electron chi connectivity index (χ2n) is 4.13. The molecule has 2 saturated carbocycles. The Hall–Kier alpha value is -0.0800. The van der Waals surface area contributed by atoms with Crippen LogP contribution in [-0.2, 0) is 4.84 Å². The summed E-state index contributed by atoms with van der Waals surface area (Å²) < 4.78 is 0. The highest BCUT2D eigenvalue weighted by Gasteiger charge is 2.40. The molecule has 0 spiro atoms. The average Bonchev–Trinajstić information content (AvgIpc) is 2.45. The van der Waals surface area contributed by atoms with Crippen LogP contribution in [0.4, 0.5) is 0 Å². The van der Waals surface area contributed by atoms with Gasteiger partial charge in [0.05, 0.1) is 6.10 Å². The number of hydrogen-bond acceptors (Lipinski definition) is 2. The molecule has 0 aromatic rings. The van der Waals surface area contributed by atoms with Gasteiger partial charge in [-0.15, -0.1) is 0 Å². The summed E-state index contributed by atoms with van der Waals surface area (Å²) >= 11 is 0. The van der Waals surface area contributed by atoms with Crippen LogP contribution in [0.1, 0.15) is 25.7 Å². The summed E-state index contributed by atoms with van der Waals surface area (Å²) in [6.07, 6.45) is 6.14. The van der Waals surface area contributed by atoms with Gasteiger partial charge >= 0.3 is 0 Å². The van der Waals surface area contributed by atoms with Gasteiger partial charge in [-0.1, -0.05) is 0 Å². The molecule has 2 aliphatic rings. The first-order chi connectivity index (χ1) is 5.25. The van der Waals surface area contributed by atoms with Crippen LogP contribution in [0.5, 0.6) is 0 Å². The lowest BCUT2D eigenvalue weighted by Crippen LogP contribution is -2.27. The Bertz CT molecular complexity index is 146. The lowest BCUT2D eigenvalue weighted by Gasteiger charge is -2.24. The van der Waals surface area contributed by atoms with Gasteiger partial charge in [0.2, 0.25) is 0 Å². The molecule has 64 valence electrons. The summed E-state index contributed by atoms with van der Waals surface area (Å²) in [7, 11) is 3.96. The fourth-order valence-corrected chi connectivity index (χ4v) is 2.59. The number of hydroxylamine groups is 2. The highest BCUT2D eigenvalue weighted by molar-refractivity contribution is 4.90. The summed E-state index contributed by atoms with van der Waals surface area (Å²) in [5.74, 6) is 1.87.